The van der Waals surface area contributed by atoms with E-state index in [1.54, 1.807) is 0 Å². The highest BCUT2D eigenvalue weighted by Crippen LogP contribution is 2.31. The van der Waals surface area contributed by atoms with Gasteiger partial charge in [-0.25, -0.2) is 13.6 Å². The third-order valence-corrected chi connectivity index (χ3v) is 6.35. The average molecular weight is 497 g/mol. The maximum absolute atomic E-state index is 14.0. The van der Waals surface area contributed by atoms with Crippen molar-refractivity contribution in [1.82, 2.24) is 19.5 Å². The van der Waals surface area contributed by atoms with Gasteiger partial charge in [0, 0.05) is 38.3 Å². The Bertz CT molecular complexity index is 1010. The standard InChI is InChI=1S/C22H30F2N6O3S/c1-14-11-17(24)15(12-16(14)23)13-33-20-18(19(25)31)21(34-28-20)27-22(32)26-5-3-4-6-30-9-7-29(2)8-10-30/h11-12H,3-10,13H2,1-2H3,(H2,25,31)(H2,26,27,32). The second-order valence-electron chi connectivity index (χ2n) is 8.27. The molecule has 9 nitrogen and oxygen atoms in total. The Morgan fingerprint density at radius 1 is 1.18 bits per heavy atom. The van der Waals surface area contributed by atoms with E-state index in [2.05, 4.69) is 31.9 Å². The predicted molar refractivity (Wildman–Crippen MR) is 126 cm³/mol. The van der Waals surface area contributed by atoms with Crippen LogP contribution < -0.4 is 21.1 Å². The first-order valence-corrected chi connectivity index (χ1v) is 11.8. The lowest BCUT2D eigenvalue weighted by molar-refractivity contribution is 0.0996. The van der Waals surface area contributed by atoms with Crippen LogP contribution >= 0.6 is 11.5 Å². The van der Waals surface area contributed by atoms with Gasteiger partial charge in [-0.2, -0.15) is 4.37 Å². The fraction of sp³-hybridized carbons (Fsp3) is 0.500. The van der Waals surface area contributed by atoms with Gasteiger partial charge in [-0.3, -0.25) is 10.1 Å². The van der Waals surface area contributed by atoms with Crippen molar-refractivity contribution in [3.63, 3.8) is 0 Å². The molecule has 2 aromatic rings. The number of carbonyl (C=O) groups is 2. The zero-order valence-electron chi connectivity index (χ0n) is 19.3. The summed E-state index contributed by atoms with van der Waals surface area (Å²) in [6.45, 7) is 6.82. The Morgan fingerprint density at radius 3 is 2.62 bits per heavy atom. The topological polar surface area (TPSA) is 113 Å². The van der Waals surface area contributed by atoms with Gasteiger partial charge in [-0.05, 0) is 62.6 Å². The molecule has 0 spiro atoms. The van der Waals surface area contributed by atoms with Crippen molar-refractivity contribution in [3.8, 4) is 5.88 Å². The number of aromatic nitrogens is 1. The minimum atomic E-state index is -0.859. The van der Waals surface area contributed by atoms with Gasteiger partial charge in [0.25, 0.3) is 5.91 Å². The number of nitrogens with one attached hydrogen (secondary N) is 2. The SMILES string of the molecule is Cc1cc(F)c(COc2nsc(NC(=O)NCCCCN3CCN(C)CC3)c2C(N)=O)cc1F. The molecule has 0 unspecified atom stereocenters. The lowest BCUT2D eigenvalue weighted by Crippen LogP contribution is -2.44. The Kier molecular flexibility index (Phi) is 9.13. The Labute approximate surface area is 201 Å². The van der Waals surface area contributed by atoms with Gasteiger partial charge in [-0.15, -0.1) is 0 Å². The summed E-state index contributed by atoms with van der Waals surface area (Å²) in [6.07, 6.45) is 1.78. The molecule has 0 aliphatic carbocycles. The number of nitrogens with two attached hydrogens (primary N) is 1. The van der Waals surface area contributed by atoms with Crippen molar-refractivity contribution in [3.05, 3.63) is 40.5 Å². The molecule has 3 amide bonds. The Balaban J connectivity index is 1.47. The minimum Gasteiger partial charge on any atom is -0.471 e. The highest BCUT2D eigenvalue weighted by atomic mass is 32.1. The molecule has 186 valence electrons. The van der Waals surface area contributed by atoms with Crippen molar-refractivity contribution >= 4 is 28.5 Å². The monoisotopic (exact) mass is 496 g/mol. The molecule has 0 bridgehead atoms. The number of hydrogen-bond donors (Lipinski definition) is 3. The van der Waals surface area contributed by atoms with E-state index in [1.165, 1.54) is 6.92 Å². The molecule has 1 aliphatic heterocycles. The largest absolute Gasteiger partial charge is 0.471 e. The smallest absolute Gasteiger partial charge is 0.319 e. The van der Waals surface area contributed by atoms with E-state index >= 15 is 0 Å². The molecule has 34 heavy (non-hydrogen) atoms. The van der Waals surface area contributed by atoms with Crippen LogP contribution in [0.15, 0.2) is 12.1 Å². The van der Waals surface area contributed by atoms with Crippen molar-refractivity contribution in [2.45, 2.75) is 26.4 Å². The van der Waals surface area contributed by atoms with Crippen LogP contribution in [0.25, 0.3) is 0 Å². The number of unbranched alkanes of at least 4 members (excludes halogenated alkanes) is 1. The number of piperazine rings is 1. The van der Waals surface area contributed by atoms with E-state index in [0.717, 1.165) is 69.2 Å². The summed E-state index contributed by atoms with van der Waals surface area (Å²) < 4.78 is 37.2. The van der Waals surface area contributed by atoms with Gasteiger partial charge in [0.2, 0.25) is 5.88 Å². The van der Waals surface area contributed by atoms with E-state index in [0.29, 0.717) is 6.54 Å². The summed E-state index contributed by atoms with van der Waals surface area (Å²) >= 11 is 0.814. The number of amides is 3. The van der Waals surface area contributed by atoms with E-state index in [-0.39, 0.29) is 34.2 Å². The number of ether oxygens (including phenoxy) is 1. The van der Waals surface area contributed by atoms with E-state index in [1.807, 2.05) is 0 Å². The summed E-state index contributed by atoms with van der Waals surface area (Å²) in [5, 5.41) is 5.42. The molecule has 1 fully saturated rings. The van der Waals surface area contributed by atoms with Crippen molar-refractivity contribution in [2.75, 3.05) is 51.6 Å². The third kappa shape index (κ3) is 7.08. The Morgan fingerprint density at radius 2 is 1.91 bits per heavy atom. The fourth-order valence-electron chi connectivity index (χ4n) is 3.50. The van der Waals surface area contributed by atoms with Gasteiger partial charge in [-0.1, -0.05) is 0 Å². The summed E-state index contributed by atoms with van der Waals surface area (Å²) in [5.74, 6) is -2.22. The van der Waals surface area contributed by atoms with Crippen LogP contribution in [-0.2, 0) is 6.61 Å². The van der Waals surface area contributed by atoms with Gasteiger partial charge in [0.15, 0.2) is 0 Å². The van der Waals surface area contributed by atoms with Crippen LogP contribution in [-0.4, -0.2) is 72.4 Å². The second kappa shape index (κ2) is 12.0. The van der Waals surface area contributed by atoms with Gasteiger partial charge in [0.1, 0.15) is 28.8 Å². The van der Waals surface area contributed by atoms with Crippen LogP contribution in [0.1, 0.15) is 34.3 Å². The molecule has 0 saturated carbocycles. The van der Waals surface area contributed by atoms with Crippen molar-refractivity contribution in [2.24, 2.45) is 5.73 Å². The zero-order chi connectivity index (χ0) is 24.7. The number of hydrogen-bond acceptors (Lipinski definition) is 7. The fourth-order valence-corrected chi connectivity index (χ4v) is 4.24. The van der Waals surface area contributed by atoms with Crippen LogP contribution in [0.3, 0.4) is 0 Å². The number of aryl methyl sites for hydroxylation is 1. The first-order chi connectivity index (χ1) is 16.2. The number of anilines is 1. The lowest BCUT2D eigenvalue weighted by Gasteiger charge is -2.32. The second-order valence-corrected chi connectivity index (χ2v) is 9.04. The number of carbonyl (C=O) groups excluding carboxylic acids is 2. The van der Waals surface area contributed by atoms with Crippen LogP contribution in [0.4, 0.5) is 18.6 Å². The van der Waals surface area contributed by atoms with Crippen molar-refractivity contribution in [1.29, 1.82) is 0 Å². The summed E-state index contributed by atoms with van der Waals surface area (Å²) in [4.78, 5) is 28.9. The maximum atomic E-state index is 14.0. The lowest BCUT2D eigenvalue weighted by atomic mass is 10.1. The minimum absolute atomic E-state index is 0.0321. The highest BCUT2D eigenvalue weighted by Gasteiger charge is 2.22. The first-order valence-electron chi connectivity index (χ1n) is 11.1. The first kappa shape index (κ1) is 25.8. The van der Waals surface area contributed by atoms with Gasteiger partial charge >= 0.3 is 6.03 Å². The van der Waals surface area contributed by atoms with Crippen LogP contribution in [0.2, 0.25) is 0 Å². The number of urea groups is 1. The molecular weight excluding hydrogens is 466 g/mol. The summed E-state index contributed by atoms with van der Waals surface area (Å²) in [5.41, 5.74) is 5.45. The summed E-state index contributed by atoms with van der Waals surface area (Å²) in [7, 11) is 2.12. The molecule has 1 aromatic carbocycles. The molecule has 1 aromatic heterocycles. The van der Waals surface area contributed by atoms with Crippen molar-refractivity contribution < 1.29 is 23.1 Å². The Hall–Kier alpha value is -2.83. The number of halogens is 2. The number of rotatable bonds is 10. The molecule has 1 saturated heterocycles. The molecule has 1 aliphatic rings. The maximum Gasteiger partial charge on any atom is 0.319 e. The number of benzene rings is 1. The zero-order valence-corrected chi connectivity index (χ0v) is 20.1. The molecular formula is C22H30F2N6O3S. The quantitative estimate of drug-likeness (QED) is 0.436. The molecule has 2 heterocycles. The van der Waals surface area contributed by atoms with E-state index in [4.69, 9.17) is 10.5 Å². The van der Waals surface area contributed by atoms with Crippen LogP contribution in [0, 0.1) is 18.6 Å². The van der Waals surface area contributed by atoms with Gasteiger partial charge < -0.3 is 25.6 Å². The number of primary amides is 1. The molecule has 12 heteroatoms. The number of nitrogens with zero attached hydrogens (tertiary/aromatic N) is 3. The van der Waals surface area contributed by atoms with E-state index in [9.17, 15) is 18.4 Å². The number of likely N-dealkylation sites (N-methyl/N-ethyl adjacent to an activating group) is 1. The third-order valence-electron chi connectivity index (χ3n) is 5.61. The predicted octanol–water partition coefficient (Wildman–Crippen LogP) is 2.56. The van der Waals surface area contributed by atoms with Gasteiger partial charge in [0.05, 0.1) is 0 Å². The normalized spacial score (nSPS) is 14.7. The van der Waals surface area contributed by atoms with E-state index < -0.39 is 23.6 Å². The summed E-state index contributed by atoms with van der Waals surface area (Å²) in [6, 6.07) is 1.59. The van der Waals surface area contributed by atoms with Crippen LogP contribution in [0.5, 0.6) is 5.88 Å². The molecule has 0 radical (unpaired) electrons. The average Bonchev–Trinajstić information content (AvgIpc) is 3.19. The molecule has 4 N–H and O–H groups in total. The highest BCUT2D eigenvalue weighted by molar-refractivity contribution is 7.11. The molecule has 3 rings (SSSR count). The molecule has 0 atom stereocenters.